The first-order valence-corrected chi connectivity index (χ1v) is 10.5. The summed E-state index contributed by atoms with van der Waals surface area (Å²) in [4.78, 5) is 41.1. The predicted molar refractivity (Wildman–Crippen MR) is 116 cm³/mol. The number of carbonyl (C=O) groups excluding carboxylic acids is 3. The van der Waals surface area contributed by atoms with Crippen LogP contribution >= 0.6 is 11.3 Å². The molecular weight excluding hydrogens is 407 g/mol. The van der Waals surface area contributed by atoms with Crippen molar-refractivity contribution < 1.29 is 18.8 Å². The van der Waals surface area contributed by atoms with Crippen LogP contribution in [0.2, 0.25) is 0 Å². The molecule has 30 heavy (non-hydrogen) atoms. The van der Waals surface area contributed by atoms with Gasteiger partial charge in [0.15, 0.2) is 5.13 Å². The van der Waals surface area contributed by atoms with E-state index in [1.165, 1.54) is 36.1 Å². The Kier molecular flexibility index (Phi) is 8.67. The highest BCUT2D eigenvalue weighted by atomic mass is 32.1. The van der Waals surface area contributed by atoms with Crippen LogP contribution in [0.3, 0.4) is 0 Å². The second kappa shape index (κ2) is 11.2. The van der Waals surface area contributed by atoms with Crippen LogP contribution in [0.25, 0.3) is 6.08 Å². The number of benzene rings is 1. The molecule has 1 aromatic heterocycles. The molecule has 7 nitrogen and oxygen atoms in total. The van der Waals surface area contributed by atoms with E-state index in [-0.39, 0.29) is 42.4 Å². The normalized spacial score (nSPS) is 11.9. The van der Waals surface area contributed by atoms with Gasteiger partial charge in [0, 0.05) is 37.4 Å². The van der Waals surface area contributed by atoms with Gasteiger partial charge in [0.05, 0.1) is 11.4 Å². The summed E-state index contributed by atoms with van der Waals surface area (Å²) in [5.41, 5.74) is 0.575. The molecule has 0 bridgehead atoms. The lowest BCUT2D eigenvalue weighted by molar-refractivity contribution is -0.122. The third-order valence-corrected chi connectivity index (χ3v) is 5.03. The number of nitrogens with one attached hydrogen (secondary N) is 2. The highest BCUT2D eigenvalue weighted by Gasteiger charge is 2.20. The topological polar surface area (TPSA) is 91.4 Å². The number of anilines is 2. The van der Waals surface area contributed by atoms with Gasteiger partial charge in [0.25, 0.3) is 0 Å². The number of hydrogen-bond acceptors (Lipinski definition) is 5. The number of rotatable bonds is 9. The molecule has 160 valence electrons. The van der Waals surface area contributed by atoms with Crippen molar-refractivity contribution in [2.75, 3.05) is 11.4 Å². The molecule has 1 aromatic carbocycles. The Morgan fingerprint density at radius 2 is 2.03 bits per heavy atom. The minimum atomic E-state index is -0.531. The van der Waals surface area contributed by atoms with E-state index in [0.717, 1.165) is 17.8 Å². The van der Waals surface area contributed by atoms with Gasteiger partial charge in [-0.3, -0.25) is 19.3 Å². The largest absolute Gasteiger partial charge is 0.354 e. The smallest absolute Gasteiger partial charge is 0.244 e. The molecule has 0 fully saturated rings. The van der Waals surface area contributed by atoms with Crippen molar-refractivity contribution in [3.63, 3.8) is 0 Å². The van der Waals surface area contributed by atoms with Gasteiger partial charge in [-0.1, -0.05) is 19.1 Å². The molecule has 1 heterocycles. The van der Waals surface area contributed by atoms with Crippen molar-refractivity contribution in [3.8, 4) is 0 Å². The van der Waals surface area contributed by atoms with Crippen molar-refractivity contribution in [1.29, 1.82) is 0 Å². The molecule has 3 amide bonds. The van der Waals surface area contributed by atoms with E-state index in [1.807, 2.05) is 13.8 Å². The van der Waals surface area contributed by atoms with Gasteiger partial charge in [0.2, 0.25) is 17.7 Å². The lowest BCUT2D eigenvalue weighted by Crippen LogP contribution is -2.34. The monoisotopic (exact) mass is 432 g/mol. The fourth-order valence-electron chi connectivity index (χ4n) is 2.46. The number of hydrogen-bond donors (Lipinski definition) is 2. The van der Waals surface area contributed by atoms with E-state index in [9.17, 15) is 18.8 Å². The highest BCUT2D eigenvalue weighted by Crippen LogP contribution is 2.30. The van der Waals surface area contributed by atoms with Gasteiger partial charge in [-0.05, 0) is 31.6 Å². The van der Waals surface area contributed by atoms with Gasteiger partial charge < -0.3 is 10.6 Å². The minimum absolute atomic E-state index is 0.103. The summed E-state index contributed by atoms with van der Waals surface area (Å²) in [5.74, 6) is -1.39. The zero-order chi connectivity index (χ0) is 22.1. The number of aromatic nitrogens is 1. The number of halogens is 1. The number of para-hydroxylation sites is 1. The fraction of sp³-hybridized carbons (Fsp3) is 0.333. The Balaban J connectivity index is 1.95. The average molecular weight is 433 g/mol. The van der Waals surface area contributed by atoms with Crippen LogP contribution in [-0.4, -0.2) is 35.3 Å². The maximum atomic E-state index is 14.1. The maximum absolute atomic E-state index is 14.1. The Morgan fingerprint density at radius 1 is 1.30 bits per heavy atom. The van der Waals surface area contributed by atoms with Crippen molar-refractivity contribution in [3.05, 3.63) is 47.2 Å². The van der Waals surface area contributed by atoms with E-state index < -0.39 is 5.82 Å². The van der Waals surface area contributed by atoms with Crippen LogP contribution in [0.5, 0.6) is 0 Å². The van der Waals surface area contributed by atoms with Crippen molar-refractivity contribution in [1.82, 2.24) is 15.6 Å². The Bertz CT molecular complexity index is 928. The summed E-state index contributed by atoms with van der Waals surface area (Å²) < 4.78 is 14.1. The first kappa shape index (κ1) is 23.2. The summed E-state index contributed by atoms with van der Waals surface area (Å²) in [7, 11) is 0. The lowest BCUT2D eigenvalue weighted by atomic mass is 10.2. The van der Waals surface area contributed by atoms with E-state index >= 15 is 0 Å². The van der Waals surface area contributed by atoms with E-state index in [1.54, 1.807) is 17.5 Å². The van der Waals surface area contributed by atoms with Crippen molar-refractivity contribution in [2.45, 2.75) is 39.7 Å². The van der Waals surface area contributed by atoms with Gasteiger partial charge in [-0.15, -0.1) is 11.3 Å². The number of amides is 3. The summed E-state index contributed by atoms with van der Waals surface area (Å²) in [5, 5.41) is 7.42. The van der Waals surface area contributed by atoms with Gasteiger partial charge in [-0.2, -0.15) is 0 Å². The third-order valence-electron chi connectivity index (χ3n) is 4.19. The van der Waals surface area contributed by atoms with Crippen LogP contribution in [0.15, 0.2) is 35.7 Å². The van der Waals surface area contributed by atoms with Gasteiger partial charge >= 0.3 is 0 Å². The molecule has 0 spiro atoms. The molecule has 0 aliphatic heterocycles. The average Bonchev–Trinajstić information content (AvgIpc) is 3.16. The zero-order valence-electron chi connectivity index (χ0n) is 17.1. The summed E-state index contributed by atoms with van der Waals surface area (Å²) in [6, 6.07) is 6.05. The zero-order valence-corrected chi connectivity index (χ0v) is 18.0. The molecule has 0 saturated heterocycles. The van der Waals surface area contributed by atoms with Crippen LogP contribution in [-0.2, 0) is 14.4 Å². The number of carbonyl (C=O) groups is 3. The molecule has 0 aliphatic rings. The van der Waals surface area contributed by atoms with E-state index in [2.05, 4.69) is 15.6 Å². The molecule has 2 aromatic rings. The van der Waals surface area contributed by atoms with E-state index in [4.69, 9.17) is 0 Å². The van der Waals surface area contributed by atoms with Crippen LogP contribution < -0.4 is 15.5 Å². The molecule has 1 unspecified atom stereocenters. The molecule has 2 rings (SSSR count). The highest BCUT2D eigenvalue weighted by molar-refractivity contribution is 7.14. The van der Waals surface area contributed by atoms with Crippen LogP contribution in [0, 0.1) is 5.82 Å². The fourth-order valence-corrected chi connectivity index (χ4v) is 3.31. The standard InChI is InChI=1S/C21H25FN4O3S/c1-4-14(2)24-20(29)11-12-23-19(28)10-9-16-13-30-21(25-16)26(15(3)27)18-8-6-5-7-17(18)22/h5-10,13-14H,4,11-12H2,1-3H3,(H,23,28)(H,24,29)/b10-9+. The first-order chi connectivity index (χ1) is 14.3. The molecule has 2 N–H and O–H groups in total. The quantitative estimate of drug-likeness (QED) is 0.594. The number of nitrogens with zero attached hydrogens (tertiary/aromatic N) is 2. The van der Waals surface area contributed by atoms with Crippen molar-refractivity contribution >= 4 is 46.0 Å². The SMILES string of the molecule is CCC(C)NC(=O)CCNC(=O)/C=C/c1csc(N(C(C)=O)c2ccccc2F)n1. The Hall–Kier alpha value is -3.07. The Morgan fingerprint density at radius 3 is 2.70 bits per heavy atom. The summed E-state index contributed by atoms with van der Waals surface area (Å²) in [6.07, 6.45) is 3.83. The molecule has 0 aliphatic carbocycles. The van der Waals surface area contributed by atoms with Crippen LogP contribution in [0.4, 0.5) is 15.2 Å². The second-order valence-electron chi connectivity index (χ2n) is 6.61. The Labute approximate surface area is 179 Å². The minimum Gasteiger partial charge on any atom is -0.354 e. The molecule has 9 heteroatoms. The summed E-state index contributed by atoms with van der Waals surface area (Å²) in [6.45, 7) is 5.45. The van der Waals surface area contributed by atoms with Gasteiger partial charge in [0.1, 0.15) is 5.82 Å². The lowest BCUT2D eigenvalue weighted by Gasteiger charge is -2.18. The predicted octanol–water partition coefficient (Wildman–Crippen LogP) is 3.40. The first-order valence-electron chi connectivity index (χ1n) is 9.57. The molecule has 1 atom stereocenters. The third kappa shape index (κ3) is 6.77. The van der Waals surface area contributed by atoms with Crippen molar-refractivity contribution in [2.24, 2.45) is 0 Å². The van der Waals surface area contributed by atoms with Crippen LogP contribution in [0.1, 0.15) is 39.3 Å². The second-order valence-corrected chi connectivity index (χ2v) is 7.45. The van der Waals surface area contributed by atoms with E-state index in [0.29, 0.717) is 10.8 Å². The van der Waals surface area contributed by atoms with Gasteiger partial charge in [-0.25, -0.2) is 9.37 Å². The molecular formula is C21H25FN4O3S. The maximum Gasteiger partial charge on any atom is 0.244 e. The molecule has 0 saturated carbocycles. The molecule has 0 radical (unpaired) electrons. The summed E-state index contributed by atoms with van der Waals surface area (Å²) >= 11 is 1.16. The number of thiazole rings is 1.